The Morgan fingerprint density at radius 2 is 0.949 bits per heavy atom. The molecule has 78 heavy (non-hydrogen) atoms. The minimum atomic E-state index is -0.217. The summed E-state index contributed by atoms with van der Waals surface area (Å²) in [4.78, 5) is 20.2. The summed E-state index contributed by atoms with van der Waals surface area (Å²) >= 11 is 0. The maximum atomic E-state index is 11.5. The third-order valence-corrected chi connectivity index (χ3v) is 14.9. The van der Waals surface area contributed by atoms with Crippen molar-refractivity contribution in [3.05, 3.63) is 223 Å². The first-order chi connectivity index (χ1) is 37.0. The Morgan fingerprint density at radius 1 is 0.410 bits per heavy atom. The standard InChI is InChI=1S/C70H61N6O.Pt/c1-68(2,3)49-36-45(54-22-19-28-63-65(54)74-67(58-21-11-13-29-64(58)77)76(63)53-42-50(69(4,5)6)41-51(43-53)70(7,8)9)34-46(37-49)61-40-44(30-33-73-61)55-23-18-24-57-56-20-10-12-27-62(56)75(66(55)57)52-38-47(59-25-14-16-31-71-59)35-48(39-52)60-26-15-17-32-72-60;/h10-33,35-43,77H,1-9H3;/q-1;. The summed E-state index contributed by atoms with van der Waals surface area (Å²) < 4.78 is 4.63. The van der Waals surface area contributed by atoms with E-state index in [4.69, 9.17) is 19.9 Å². The van der Waals surface area contributed by atoms with Crippen LogP contribution in [0, 0.1) is 6.07 Å². The summed E-state index contributed by atoms with van der Waals surface area (Å²) in [7, 11) is 0. The average Bonchev–Trinajstić information content (AvgIpc) is 4.18. The Hall–Kier alpha value is -8.25. The molecular formula is C70H61N6OPt-. The first kappa shape index (κ1) is 51.8. The zero-order valence-electron chi connectivity index (χ0n) is 45.5. The molecule has 8 heteroatoms. The second kappa shape index (κ2) is 20.0. The first-order valence-electron chi connectivity index (χ1n) is 26.5. The molecule has 5 heterocycles. The van der Waals surface area contributed by atoms with E-state index in [-0.39, 0.29) is 43.1 Å². The van der Waals surface area contributed by atoms with Crippen molar-refractivity contribution >= 4 is 32.8 Å². The van der Waals surface area contributed by atoms with Crippen LogP contribution < -0.4 is 0 Å². The third kappa shape index (κ3) is 9.55. The molecule has 0 bridgehead atoms. The van der Waals surface area contributed by atoms with Gasteiger partial charge in [0.15, 0.2) is 0 Å². The molecule has 0 atom stereocenters. The maximum Gasteiger partial charge on any atom is 0.148 e. The number of hydrogen-bond donors (Lipinski definition) is 1. The van der Waals surface area contributed by atoms with Crippen molar-refractivity contribution in [1.82, 2.24) is 29.1 Å². The number of rotatable bonds is 8. The van der Waals surface area contributed by atoms with E-state index in [1.807, 2.05) is 61.1 Å². The molecule has 0 fully saturated rings. The minimum Gasteiger partial charge on any atom is -0.507 e. The van der Waals surface area contributed by atoms with Gasteiger partial charge in [-0.05, 0) is 118 Å². The molecule has 388 valence electrons. The molecule has 7 nitrogen and oxygen atoms in total. The molecule has 5 aromatic heterocycles. The summed E-state index contributed by atoms with van der Waals surface area (Å²) in [5, 5.41) is 13.8. The number of benzene rings is 7. The first-order valence-corrected chi connectivity index (χ1v) is 26.5. The van der Waals surface area contributed by atoms with E-state index in [2.05, 4.69) is 211 Å². The van der Waals surface area contributed by atoms with Crippen LogP contribution in [-0.2, 0) is 37.3 Å². The monoisotopic (exact) mass is 1200 g/mol. The van der Waals surface area contributed by atoms with Crippen LogP contribution >= 0.6 is 0 Å². The normalized spacial score (nSPS) is 12.1. The number of phenols is 1. The SMILES string of the molecule is CC(C)(C)c1cc(-c2cc(-c3cccc4c5ccccc5n(-c5cc(-c6ccccn6)cc(-c6ccccn6)c5)c34)ccn2)[c-]c(-c2cccc3c2nc(-c2ccccc2O)n3-c2cc(C(C)(C)C)cc(C(C)(C)C)c2)c1.[Pt]. The Bertz CT molecular complexity index is 4140. The summed E-state index contributed by atoms with van der Waals surface area (Å²) in [5.41, 5.74) is 19.2. The van der Waals surface area contributed by atoms with Gasteiger partial charge in [0.2, 0.25) is 0 Å². The largest absolute Gasteiger partial charge is 0.507 e. The van der Waals surface area contributed by atoms with Crippen molar-refractivity contribution in [3.63, 3.8) is 0 Å². The smallest absolute Gasteiger partial charge is 0.148 e. The number of imidazole rings is 1. The van der Waals surface area contributed by atoms with Crippen molar-refractivity contribution in [2.24, 2.45) is 0 Å². The Labute approximate surface area is 471 Å². The zero-order valence-corrected chi connectivity index (χ0v) is 47.8. The molecule has 0 unspecified atom stereocenters. The Balaban J connectivity index is 0.00000645. The van der Waals surface area contributed by atoms with Crippen molar-refractivity contribution in [2.45, 2.75) is 78.6 Å². The topological polar surface area (TPSA) is 81.7 Å². The van der Waals surface area contributed by atoms with E-state index in [0.717, 1.165) is 106 Å². The van der Waals surface area contributed by atoms with Gasteiger partial charge in [-0.1, -0.05) is 158 Å². The predicted octanol–water partition coefficient (Wildman–Crippen LogP) is 17.7. The van der Waals surface area contributed by atoms with Crippen molar-refractivity contribution in [3.8, 4) is 84.5 Å². The van der Waals surface area contributed by atoms with E-state index in [1.165, 1.54) is 11.1 Å². The molecule has 0 saturated heterocycles. The van der Waals surface area contributed by atoms with E-state index in [1.54, 1.807) is 6.07 Å². The predicted molar refractivity (Wildman–Crippen MR) is 318 cm³/mol. The number of fused-ring (bicyclic) bond motifs is 4. The molecule has 12 rings (SSSR count). The molecule has 12 aromatic rings. The van der Waals surface area contributed by atoms with Crippen LogP contribution in [0.4, 0.5) is 0 Å². The summed E-state index contributed by atoms with van der Waals surface area (Å²) in [6.07, 6.45) is 5.61. The third-order valence-electron chi connectivity index (χ3n) is 14.9. The van der Waals surface area contributed by atoms with Gasteiger partial charge in [0, 0.05) is 84.2 Å². The van der Waals surface area contributed by atoms with Gasteiger partial charge in [-0.3, -0.25) is 19.5 Å². The van der Waals surface area contributed by atoms with Gasteiger partial charge >= 0.3 is 0 Å². The van der Waals surface area contributed by atoms with E-state index >= 15 is 0 Å². The number of phenolic OH excluding ortho intramolecular Hbond substituents is 1. The Morgan fingerprint density at radius 3 is 1.60 bits per heavy atom. The molecule has 0 aliphatic heterocycles. The van der Waals surface area contributed by atoms with Crippen molar-refractivity contribution in [2.75, 3.05) is 0 Å². The van der Waals surface area contributed by atoms with Crippen LogP contribution in [0.2, 0.25) is 0 Å². The number of hydrogen-bond acceptors (Lipinski definition) is 5. The molecule has 0 amide bonds. The average molecular weight is 1200 g/mol. The van der Waals surface area contributed by atoms with Crippen LogP contribution in [0.25, 0.3) is 112 Å². The summed E-state index contributed by atoms with van der Waals surface area (Å²) in [5.74, 6) is 0.840. The van der Waals surface area contributed by atoms with Gasteiger partial charge in [0.1, 0.15) is 11.6 Å². The van der Waals surface area contributed by atoms with Gasteiger partial charge in [0.05, 0.1) is 39.0 Å². The number of para-hydroxylation sites is 4. The zero-order chi connectivity index (χ0) is 53.4. The second-order valence-corrected chi connectivity index (χ2v) is 23.4. The van der Waals surface area contributed by atoms with Gasteiger partial charge in [0.25, 0.3) is 0 Å². The van der Waals surface area contributed by atoms with Crippen molar-refractivity contribution < 1.29 is 26.2 Å². The summed E-state index contributed by atoms with van der Waals surface area (Å²) in [6.45, 7) is 20.3. The van der Waals surface area contributed by atoms with Crippen molar-refractivity contribution in [1.29, 1.82) is 0 Å². The number of pyridine rings is 3. The fourth-order valence-electron chi connectivity index (χ4n) is 10.7. The number of aromatic nitrogens is 6. The number of aromatic hydroxyl groups is 1. The fraction of sp³-hybridized carbons (Fsp3) is 0.171. The quantitative estimate of drug-likeness (QED) is 0.153. The molecule has 0 saturated carbocycles. The molecule has 0 radical (unpaired) electrons. The summed E-state index contributed by atoms with van der Waals surface area (Å²) in [6, 6.07) is 67.6. The molecule has 0 spiro atoms. The van der Waals surface area contributed by atoms with Crippen LogP contribution in [0.15, 0.2) is 201 Å². The molecular weight excluding hydrogens is 1140 g/mol. The minimum absolute atomic E-state index is 0. The molecule has 0 aliphatic carbocycles. The molecule has 7 aromatic carbocycles. The van der Waals surface area contributed by atoms with Gasteiger partial charge in [-0.25, -0.2) is 4.98 Å². The maximum absolute atomic E-state index is 11.5. The van der Waals surface area contributed by atoms with Crippen LogP contribution in [0.1, 0.15) is 79.0 Å². The number of nitrogens with zero attached hydrogens (tertiary/aromatic N) is 6. The van der Waals surface area contributed by atoms with Gasteiger partial charge in [-0.15, -0.1) is 29.3 Å². The van der Waals surface area contributed by atoms with Gasteiger partial charge in [-0.2, -0.15) is 0 Å². The van der Waals surface area contributed by atoms with Crippen LogP contribution in [0.3, 0.4) is 0 Å². The Kier molecular flexibility index (Phi) is 13.3. The van der Waals surface area contributed by atoms with Crippen LogP contribution in [0.5, 0.6) is 5.75 Å². The van der Waals surface area contributed by atoms with E-state index < -0.39 is 0 Å². The molecule has 0 aliphatic rings. The molecule has 1 N–H and O–H groups in total. The fourth-order valence-corrected chi connectivity index (χ4v) is 10.7. The van der Waals surface area contributed by atoms with E-state index in [9.17, 15) is 5.11 Å². The van der Waals surface area contributed by atoms with Gasteiger partial charge < -0.3 is 9.67 Å². The van der Waals surface area contributed by atoms with E-state index in [0.29, 0.717) is 11.4 Å². The second-order valence-electron chi connectivity index (χ2n) is 23.4. The van der Waals surface area contributed by atoms with Crippen LogP contribution in [-0.4, -0.2) is 34.2 Å².